The van der Waals surface area contributed by atoms with Crippen molar-refractivity contribution in [2.24, 2.45) is 17.8 Å². The fourth-order valence-electron chi connectivity index (χ4n) is 2.15. The van der Waals surface area contributed by atoms with Gasteiger partial charge in [0, 0.05) is 0 Å². The Morgan fingerprint density at radius 3 is 3.08 bits per heavy atom. The van der Waals surface area contributed by atoms with E-state index in [1.165, 1.54) is 6.42 Å². The molecule has 2 aliphatic carbocycles. The summed E-state index contributed by atoms with van der Waals surface area (Å²) >= 11 is 0. The molecule has 0 saturated heterocycles. The molecule has 2 aliphatic rings. The Hall–Kier alpha value is -0.790. The maximum absolute atomic E-state index is 11.3. The molecule has 0 radical (unpaired) electrons. The molecule has 1 fully saturated rings. The van der Waals surface area contributed by atoms with Crippen LogP contribution >= 0.6 is 0 Å². The summed E-state index contributed by atoms with van der Waals surface area (Å²) in [5, 5.41) is 0. The monoisotopic (exact) mass is 166 g/mol. The molecule has 3 unspecified atom stereocenters. The van der Waals surface area contributed by atoms with Crippen molar-refractivity contribution in [1.29, 1.82) is 0 Å². The molecule has 0 N–H and O–H groups in total. The molecule has 1 saturated carbocycles. The van der Waals surface area contributed by atoms with E-state index in [1.807, 2.05) is 6.92 Å². The third-order valence-electron chi connectivity index (χ3n) is 2.81. The second-order valence-electron chi connectivity index (χ2n) is 3.52. The molecule has 66 valence electrons. The van der Waals surface area contributed by atoms with Gasteiger partial charge in [-0.2, -0.15) is 0 Å². The van der Waals surface area contributed by atoms with Crippen LogP contribution in [0.2, 0.25) is 0 Å². The van der Waals surface area contributed by atoms with Crippen molar-refractivity contribution < 1.29 is 9.53 Å². The second-order valence-corrected chi connectivity index (χ2v) is 3.52. The maximum atomic E-state index is 11.3. The Balaban J connectivity index is 1.93. The molecule has 3 atom stereocenters. The van der Waals surface area contributed by atoms with E-state index in [-0.39, 0.29) is 11.9 Å². The van der Waals surface area contributed by atoms with Crippen LogP contribution in [0.1, 0.15) is 19.8 Å². The minimum atomic E-state index is 0.0130. The van der Waals surface area contributed by atoms with Crippen molar-refractivity contribution in [3.8, 4) is 0 Å². The van der Waals surface area contributed by atoms with Crippen LogP contribution in [-0.4, -0.2) is 12.6 Å². The van der Waals surface area contributed by atoms with Gasteiger partial charge in [0.05, 0.1) is 12.5 Å². The van der Waals surface area contributed by atoms with Crippen molar-refractivity contribution in [2.45, 2.75) is 19.8 Å². The number of carbonyl (C=O) groups is 1. The summed E-state index contributed by atoms with van der Waals surface area (Å²) in [6.07, 6.45) is 6.66. The van der Waals surface area contributed by atoms with Gasteiger partial charge in [0.1, 0.15) is 0 Å². The van der Waals surface area contributed by atoms with Crippen molar-refractivity contribution >= 4 is 5.97 Å². The van der Waals surface area contributed by atoms with Crippen LogP contribution in [0, 0.1) is 17.8 Å². The van der Waals surface area contributed by atoms with Crippen LogP contribution in [0.3, 0.4) is 0 Å². The Labute approximate surface area is 72.6 Å². The molecule has 0 aliphatic heterocycles. The van der Waals surface area contributed by atoms with E-state index in [1.54, 1.807) is 0 Å². The molecule has 2 rings (SSSR count). The Kier molecular flexibility index (Phi) is 1.91. The summed E-state index contributed by atoms with van der Waals surface area (Å²) in [5.74, 6) is 1.33. The van der Waals surface area contributed by atoms with E-state index in [9.17, 15) is 4.79 Å². The molecule has 0 bridgehead atoms. The highest BCUT2D eigenvalue weighted by Gasteiger charge is 2.54. The quantitative estimate of drug-likeness (QED) is 0.461. The highest BCUT2D eigenvalue weighted by atomic mass is 16.5. The first kappa shape index (κ1) is 7.84. The highest BCUT2D eigenvalue weighted by Crippen LogP contribution is 2.53. The Bertz CT molecular complexity index is 220. The van der Waals surface area contributed by atoms with Gasteiger partial charge < -0.3 is 4.74 Å². The number of rotatable bonds is 2. The largest absolute Gasteiger partial charge is 0.466 e. The summed E-state index contributed by atoms with van der Waals surface area (Å²) in [6, 6.07) is 0. The first-order valence-corrected chi connectivity index (χ1v) is 4.68. The zero-order valence-corrected chi connectivity index (χ0v) is 7.32. The van der Waals surface area contributed by atoms with Crippen molar-refractivity contribution in [1.82, 2.24) is 0 Å². The predicted octanol–water partition coefficient (Wildman–Crippen LogP) is 1.76. The first-order chi connectivity index (χ1) is 5.84. The summed E-state index contributed by atoms with van der Waals surface area (Å²) in [6.45, 7) is 2.37. The standard InChI is InChI=1S/C10H14O2/c1-2-12-10(11)9-7-5-3-4-6-8(7)9/h3,5,7-9H,2,4,6H2,1H3. The Morgan fingerprint density at radius 2 is 2.50 bits per heavy atom. The molecular formula is C10H14O2. The van der Waals surface area contributed by atoms with Crippen LogP contribution in [0.25, 0.3) is 0 Å². The molecule has 0 aromatic rings. The van der Waals surface area contributed by atoms with E-state index in [0.717, 1.165) is 6.42 Å². The normalized spacial score (nSPS) is 37.2. The van der Waals surface area contributed by atoms with Gasteiger partial charge in [-0.25, -0.2) is 0 Å². The SMILES string of the molecule is CCOC(=O)C1C2C=CCCC21. The lowest BCUT2D eigenvalue weighted by atomic mass is 10.1. The molecule has 0 heterocycles. The van der Waals surface area contributed by atoms with Gasteiger partial charge in [-0.15, -0.1) is 0 Å². The molecule has 0 amide bonds. The van der Waals surface area contributed by atoms with Crippen LogP contribution in [-0.2, 0) is 9.53 Å². The molecule has 2 heteroatoms. The van der Waals surface area contributed by atoms with Crippen molar-refractivity contribution in [3.05, 3.63) is 12.2 Å². The van der Waals surface area contributed by atoms with E-state index in [0.29, 0.717) is 18.4 Å². The Morgan fingerprint density at radius 1 is 1.67 bits per heavy atom. The number of esters is 1. The third kappa shape index (κ3) is 1.15. The van der Waals surface area contributed by atoms with E-state index >= 15 is 0 Å². The number of allylic oxidation sites excluding steroid dienone is 2. The zero-order valence-electron chi connectivity index (χ0n) is 7.32. The average Bonchev–Trinajstić information content (AvgIpc) is 2.78. The van der Waals surface area contributed by atoms with Gasteiger partial charge in [-0.05, 0) is 31.6 Å². The fraction of sp³-hybridized carbons (Fsp3) is 0.700. The van der Waals surface area contributed by atoms with Gasteiger partial charge in [0.25, 0.3) is 0 Å². The van der Waals surface area contributed by atoms with Crippen LogP contribution in [0.4, 0.5) is 0 Å². The predicted molar refractivity (Wildman–Crippen MR) is 45.5 cm³/mol. The van der Waals surface area contributed by atoms with E-state index < -0.39 is 0 Å². The average molecular weight is 166 g/mol. The van der Waals surface area contributed by atoms with Crippen LogP contribution < -0.4 is 0 Å². The fourth-order valence-corrected chi connectivity index (χ4v) is 2.15. The van der Waals surface area contributed by atoms with Gasteiger partial charge in [-0.3, -0.25) is 4.79 Å². The topological polar surface area (TPSA) is 26.3 Å². The van der Waals surface area contributed by atoms with Gasteiger partial charge >= 0.3 is 5.97 Å². The number of hydrogen-bond donors (Lipinski definition) is 0. The summed E-state index contributed by atoms with van der Waals surface area (Å²) < 4.78 is 4.98. The number of ether oxygens (including phenoxy) is 1. The summed E-state index contributed by atoms with van der Waals surface area (Å²) in [4.78, 5) is 11.3. The summed E-state index contributed by atoms with van der Waals surface area (Å²) in [5.41, 5.74) is 0. The van der Waals surface area contributed by atoms with Gasteiger partial charge in [0.15, 0.2) is 0 Å². The summed E-state index contributed by atoms with van der Waals surface area (Å²) in [7, 11) is 0. The van der Waals surface area contributed by atoms with Crippen LogP contribution in [0.5, 0.6) is 0 Å². The molecule has 12 heavy (non-hydrogen) atoms. The second kappa shape index (κ2) is 2.92. The first-order valence-electron chi connectivity index (χ1n) is 4.68. The van der Waals surface area contributed by atoms with Gasteiger partial charge in [0.2, 0.25) is 0 Å². The smallest absolute Gasteiger partial charge is 0.309 e. The number of carbonyl (C=O) groups excluding carboxylic acids is 1. The molecule has 0 aromatic heterocycles. The lowest BCUT2D eigenvalue weighted by Crippen LogP contribution is -2.08. The van der Waals surface area contributed by atoms with Crippen molar-refractivity contribution in [3.63, 3.8) is 0 Å². The lowest BCUT2D eigenvalue weighted by molar-refractivity contribution is -0.145. The lowest BCUT2D eigenvalue weighted by Gasteiger charge is -1.98. The molecular weight excluding hydrogens is 152 g/mol. The van der Waals surface area contributed by atoms with Crippen LogP contribution in [0.15, 0.2) is 12.2 Å². The zero-order chi connectivity index (χ0) is 8.55. The maximum Gasteiger partial charge on any atom is 0.309 e. The van der Waals surface area contributed by atoms with Crippen molar-refractivity contribution in [2.75, 3.05) is 6.61 Å². The van der Waals surface area contributed by atoms with E-state index in [4.69, 9.17) is 4.74 Å². The molecule has 0 aromatic carbocycles. The molecule has 2 nitrogen and oxygen atoms in total. The molecule has 0 spiro atoms. The highest BCUT2D eigenvalue weighted by molar-refractivity contribution is 5.77. The number of fused-ring (bicyclic) bond motifs is 1. The third-order valence-corrected chi connectivity index (χ3v) is 2.81. The minimum Gasteiger partial charge on any atom is -0.466 e. The van der Waals surface area contributed by atoms with E-state index in [2.05, 4.69) is 12.2 Å². The number of hydrogen-bond acceptors (Lipinski definition) is 2. The minimum absolute atomic E-state index is 0.0130. The van der Waals surface area contributed by atoms with Gasteiger partial charge in [-0.1, -0.05) is 12.2 Å².